The molecule has 24 heavy (non-hydrogen) atoms. The van der Waals surface area contributed by atoms with Crippen LogP contribution in [0.25, 0.3) is 5.82 Å². The topological polar surface area (TPSA) is 63.9 Å². The Morgan fingerprint density at radius 1 is 1.25 bits per heavy atom. The van der Waals surface area contributed by atoms with Crippen LogP contribution in [0, 0.1) is 0 Å². The number of halogens is 1. The van der Waals surface area contributed by atoms with Crippen LogP contribution in [-0.4, -0.2) is 37.6 Å². The summed E-state index contributed by atoms with van der Waals surface area (Å²) < 4.78 is 1.51. The summed E-state index contributed by atoms with van der Waals surface area (Å²) in [6.07, 6.45) is 4.55. The van der Waals surface area contributed by atoms with Gasteiger partial charge in [-0.25, -0.2) is 14.6 Å². The van der Waals surface area contributed by atoms with Gasteiger partial charge in [0.15, 0.2) is 5.82 Å². The maximum absolute atomic E-state index is 12.8. The number of pyridine rings is 1. The summed E-state index contributed by atoms with van der Waals surface area (Å²) in [4.78, 5) is 22.6. The molecule has 0 saturated carbocycles. The van der Waals surface area contributed by atoms with Crippen molar-refractivity contribution in [3.8, 4) is 5.82 Å². The Kier molecular flexibility index (Phi) is 4.57. The van der Waals surface area contributed by atoms with Crippen molar-refractivity contribution in [2.75, 3.05) is 7.05 Å². The van der Waals surface area contributed by atoms with E-state index in [0.29, 0.717) is 16.4 Å². The molecule has 0 radical (unpaired) electrons. The number of amides is 1. The quantitative estimate of drug-likeness (QED) is 0.731. The van der Waals surface area contributed by atoms with Gasteiger partial charge in [0.1, 0.15) is 12.7 Å². The molecule has 0 spiro atoms. The summed E-state index contributed by atoms with van der Waals surface area (Å²) in [6, 6.07) is 10.8. The molecule has 0 N–H and O–H groups in total. The predicted octanol–water partition coefficient (Wildman–Crippen LogP) is 3.15. The molecule has 3 aromatic rings. The van der Waals surface area contributed by atoms with E-state index in [-0.39, 0.29) is 11.9 Å². The molecule has 2 aromatic heterocycles. The van der Waals surface area contributed by atoms with E-state index in [1.54, 1.807) is 30.3 Å². The van der Waals surface area contributed by atoms with Gasteiger partial charge >= 0.3 is 0 Å². The number of benzene rings is 1. The van der Waals surface area contributed by atoms with Gasteiger partial charge in [0, 0.05) is 23.8 Å². The largest absolute Gasteiger partial charge is 0.335 e. The fraction of sp³-hybridized carbons (Fsp3) is 0.176. The zero-order valence-electron chi connectivity index (χ0n) is 13.3. The maximum atomic E-state index is 12.8. The summed E-state index contributed by atoms with van der Waals surface area (Å²) in [7, 11) is 1.77. The minimum atomic E-state index is -0.0961. The zero-order chi connectivity index (χ0) is 17.1. The zero-order valence-corrected chi connectivity index (χ0v) is 14.1. The molecule has 1 amide bonds. The first-order chi connectivity index (χ1) is 11.6. The summed E-state index contributed by atoms with van der Waals surface area (Å²) in [6.45, 7) is 1.97. The SMILES string of the molecule is CC(c1ccc(Cl)cc1)N(C)C(=O)c1ccnc(-n2cncn2)c1. The lowest BCUT2D eigenvalue weighted by Crippen LogP contribution is -2.29. The molecule has 0 fully saturated rings. The van der Waals surface area contributed by atoms with Gasteiger partial charge in [0.05, 0.1) is 6.04 Å². The Bertz CT molecular complexity index is 832. The standard InChI is InChI=1S/C17H16ClN5O/c1-12(13-3-5-15(18)6-4-13)22(2)17(24)14-7-8-20-16(9-14)23-11-19-10-21-23/h3-12H,1-2H3. The van der Waals surface area contributed by atoms with Gasteiger partial charge in [0.2, 0.25) is 0 Å². The lowest BCUT2D eigenvalue weighted by Gasteiger charge is -2.25. The number of hydrogen-bond donors (Lipinski definition) is 0. The van der Waals surface area contributed by atoms with Gasteiger partial charge in [-0.3, -0.25) is 4.79 Å². The molecular formula is C17H16ClN5O. The van der Waals surface area contributed by atoms with Gasteiger partial charge in [0.25, 0.3) is 5.91 Å². The number of hydrogen-bond acceptors (Lipinski definition) is 4. The van der Waals surface area contributed by atoms with Crippen molar-refractivity contribution < 1.29 is 4.79 Å². The summed E-state index contributed by atoms with van der Waals surface area (Å²) in [5.74, 6) is 0.451. The fourth-order valence-corrected chi connectivity index (χ4v) is 2.47. The van der Waals surface area contributed by atoms with E-state index >= 15 is 0 Å². The average molecular weight is 342 g/mol. The monoisotopic (exact) mass is 341 g/mol. The van der Waals surface area contributed by atoms with Gasteiger partial charge in [-0.05, 0) is 36.8 Å². The minimum Gasteiger partial charge on any atom is -0.335 e. The van der Waals surface area contributed by atoms with Crippen molar-refractivity contribution in [2.45, 2.75) is 13.0 Å². The highest BCUT2D eigenvalue weighted by molar-refractivity contribution is 6.30. The lowest BCUT2D eigenvalue weighted by molar-refractivity contribution is 0.0742. The second kappa shape index (κ2) is 6.80. The average Bonchev–Trinajstić information content (AvgIpc) is 3.15. The van der Waals surface area contributed by atoms with Crippen LogP contribution in [0.5, 0.6) is 0 Å². The normalized spacial score (nSPS) is 12.0. The molecule has 3 rings (SSSR count). The van der Waals surface area contributed by atoms with Crippen LogP contribution in [0.15, 0.2) is 55.2 Å². The Hall–Kier alpha value is -2.73. The molecular weight excluding hydrogens is 326 g/mol. The molecule has 7 heteroatoms. The van der Waals surface area contributed by atoms with Crippen molar-refractivity contribution in [2.24, 2.45) is 0 Å². The number of aromatic nitrogens is 4. The minimum absolute atomic E-state index is 0.0854. The van der Waals surface area contributed by atoms with Gasteiger partial charge in [-0.1, -0.05) is 23.7 Å². The van der Waals surface area contributed by atoms with Crippen molar-refractivity contribution >= 4 is 17.5 Å². The Labute approximate surface area is 144 Å². The summed E-state index contributed by atoms with van der Waals surface area (Å²) in [5.41, 5.74) is 1.56. The molecule has 6 nitrogen and oxygen atoms in total. The van der Waals surface area contributed by atoms with Gasteiger partial charge < -0.3 is 4.90 Å². The van der Waals surface area contributed by atoms with E-state index in [1.165, 1.54) is 17.3 Å². The molecule has 2 heterocycles. The summed E-state index contributed by atoms with van der Waals surface area (Å²) in [5, 5.41) is 4.70. The number of carbonyl (C=O) groups is 1. The molecule has 0 bridgehead atoms. The van der Waals surface area contributed by atoms with Gasteiger partial charge in [-0.2, -0.15) is 5.10 Å². The molecule has 1 aromatic carbocycles. The third-order valence-corrected chi connectivity index (χ3v) is 4.15. The van der Waals surface area contributed by atoms with Crippen molar-refractivity contribution in [1.82, 2.24) is 24.6 Å². The number of carbonyl (C=O) groups excluding carboxylic acids is 1. The number of rotatable bonds is 4. The highest BCUT2D eigenvalue weighted by atomic mass is 35.5. The Morgan fingerprint density at radius 3 is 2.67 bits per heavy atom. The smallest absolute Gasteiger partial charge is 0.254 e. The second-order valence-electron chi connectivity index (χ2n) is 5.39. The first-order valence-electron chi connectivity index (χ1n) is 7.40. The second-order valence-corrected chi connectivity index (χ2v) is 5.82. The first kappa shape index (κ1) is 16.1. The molecule has 0 saturated heterocycles. The first-order valence-corrected chi connectivity index (χ1v) is 7.78. The van der Waals surface area contributed by atoms with E-state index in [0.717, 1.165) is 5.56 Å². The number of nitrogens with zero attached hydrogens (tertiary/aromatic N) is 5. The van der Waals surface area contributed by atoms with Crippen LogP contribution in [0.4, 0.5) is 0 Å². The molecule has 0 aliphatic heterocycles. The Morgan fingerprint density at radius 2 is 2.00 bits per heavy atom. The predicted molar refractivity (Wildman–Crippen MR) is 91.1 cm³/mol. The highest BCUT2D eigenvalue weighted by Gasteiger charge is 2.19. The highest BCUT2D eigenvalue weighted by Crippen LogP contribution is 2.22. The van der Waals surface area contributed by atoms with Crippen LogP contribution in [-0.2, 0) is 0 Å². The lowest BCUT2D eigenvalue weighted by atomic mass is 10.1. The van der Waals surface area contributed by atoms with Crippen molar-refractivity contribution in [1.29, 1.82) is 0 Å². The van der Waals surface area contributed by atoms with E-state index in [4.69, 9.17) is 11.6 Å². The third kappa shape index (κ3) is 3.28. The van der Waals surface area contributed by atoms with E-state index in [1.807, 2.05) is 31.2 Å². The Balaban J connectivity index is 1.83. The molecule has 0 aliphatic carbocycles. The molecule has 1 atom stereocenters. The molecule has 122 valence electrons. The van der Waals surface area contributed by atoms with Crippen molar-refractivity contribution in [3.63, 3.8) is 0 Å². The van der Waals surface area contributed by atoms with Crippen LogP contribution >= 0.6 is 11.6 Å². The van der Waals surface area contributed by atoms with Crippen LogP contribution in [0.2, 0.25) is 5.02 Å². The van der Waals surface area contributed by atoms with E-state index in [2.05, 4.69) is 15.1 Å². The molecule has 1 unspecified atom stereocenters. The van der Waals surface area contributed by atoms with Crippen LogP contribution < -0.4 is 0 Å². The fourth-order valence-electron chi connectivity index (χ4n) is 2.35. The van der Waals surface area contributed by atoms with Crippen molar-refractivity contribution in [3.05, 3.63) is 71.4 Å². The summed E-state index contributed by atoms with van der Waals surface area (Å²) >= 11 is 5.92. The third-order valence-electron chi connectivity index (χ3n) is 3.90. The van der Waals surface area contributed by atoms with Gasteiger partial charge in [-0.15, -0.1) is 0 Å². The van der Waals surface area contributed by atoms with E-state index in [9.17, 15) is 4.79 Å². The maximum Gasteiger partial charge on any atom is 0.254 e. The van der Waals surface area contributed by atoms with Crippen LogP contribution in [0.3, 0.4) is 0 Å². The molecule has 0 aliphatic rings. The van der Waals surface area contributed by atoms with E-state index < -0.39 is 0 Å². The van der Waals surface area contributed by atoms with Crippen LogP contribution in [0.1, 0.15) is 28.9 Å².